The minimum atomic E-state index is 0.266. The summed E-state index contributed by atoms with van der Waals surface area (Å²) in [5.74, 6) is 3.09. The van der Waals surface area contributed by atoms with Crippen LogP contribution in [0.4, 0.5) is 17.8 Å². The second-order valence-electron chi connectivity index (χ2n) is 8.92. The fraction of sp³-hybridized carbons (Fsp3) is 0.810. The zero-order valence-corrected chi connectivity index (χ0v) is 17.4. The molecule has 0 atom stereocenters. The highest BCUT2D eigenvalue weighted by Gasteiger charge is 2.31. The van der Waals surface area contributed by atoms with E-state index in [2.05, 4.69) is 19.6 Å². The summed E-state index contributed by atoms with van der Waals surface area (Å²) in [5.41, 5.74) is 0. The molecule has 0 N–H and O–H groups in total. The molecule has 0 unspecified atom stereocenters. The molecule has 4 fully saturated rings. The largest absolute Gasteiger partial charge is 0.341 e. The first kappa shape index (κ1) is 18.9. The number of nitrogens with zero attached hydrogens (tertiary/aromatic N) is 7. The summed E-state index contributed by atoms with van der Waals surface area (Å²) in [6.45, 7) is 7.30. The molecule has 1 saturated carbocycles. The molecule has 0 spiro atoms. The molecule has 1 aliphatic carbocycles. The van der Waals surface area contributed by atoms with Crippen molar-refractivity contribution in [2.45, 2.75) is 51.4 Å². The van der Waals surface area contributed by atoms with Crippen molar-refractivity contribution in [1.82, 2.24) is 19.9 Å². The van der Waals surface area contributed by atoms with Gasteiger partial charge in [0.2, 0.25) is 23.8 Å². The SMILES string of the molecule is O=C(C1CCCC1)N1CCN(c2nc(N3CCCC3)nc(N3CCCC3)n2)CC1. The van der Waals surface area contributed by atoms with Crippen LogP contribution in [0.3, 0.4) is 0 Å². The molecule has 3 saturated heterocycles. The number of piperazine rings is 1. The minimum absolute atomic E-state index is 0.266. The maximum Gasteiger partial charge on any atom is 0.232 e. The number of hydrogen-bond acceptors (Lipinski definition) is 7. The van der Waals surface area contributed by atoms with E-state index in [1.807, 2.05) is 0 Å². The van der Waals surface area contributed by atoms with Crippen molar-refractivity contribution in [2.75, 3.05) is 67.1 Å². The first-order chi connectivity index (χ1) is 14.3. The van der Waals surface area contributed by atoms with E-state index >= 15 is 0 Å². The maximum absolute atomic E-state index is 12.8. The van der Waals surface area contributed by atoms with Crippen molar-refractivity contribution >= 4 is 23.8 Å². The highest BCUT2D eigenvalue weighted by Crippen LogP contribution is 2.28. The number of hydrogen-bond donors (Lipinski definition) is 0. The van der Waals surface area contributed by atoms with Gasteiger partial charge in [-0.05, 0) is 38.5 Å². The van der Waals surface area contributed by atoms with Crippen LogP contribution in [0.15, 0.2) is 0 Å². The molecule has 1 aromatic rings. The first-order valence-corrected chi connectivity index (χ1v) is 11.6. The Morgan fingerprint density at radius 2 is 1.00 bits per heavy atom. The molecule has 158 valence electrons. The zero-order chi connectivity index (χ0) is 19.6. The van der Waals surface area contributed by atoms with Crippen LogP contribution < -0.4 is 14.7 Å². The molecule has 3 aliphatic heterocycles. The predicted molar refractivity (Wildman–Crippen MR) is 113 cm³/mol. The van der Waals surface area contributed by atoms with Crippen molar-refractivity contribution in [1.29, 1.82) is 0 Å². The van der Waals surface area contributed by atoms with Gasteiger partial charge in [0, 0.05) is 58.3 Å². The van der Waals surface area contributed by atoms with Crippen LogP contribution in [-0.4, -0.2) is 78.1 Å². The molecular weight excluding hydrogens is 366 g/mol. The van der Waals surface area contributed by atoms with Crippen LogP contribution in [0.5, 0.6) is 0 Å². The summed E-state index contributed by atoms with van der Waals surface area (Å²) in [6.07, 6.45) is 9.41. The van der Waals surface area contributed by atoms with Crippen LogP contribution in [-0.2, 0) is 4.79 Å². The van der Waals surface area contributed by atoms with Crippen molar-refractivity contribution in [3.05, 3.63) is 0 Å². The summed E-state index contributed by atoms with van der Waals surface area (Å²) in [6, 6.07) is 0. The van der Waals surface area contributed by atoms with Gasteiger partial charge in [-0.15, -0.1) is 0 Å². The molecule has 1 aromatic heterocycles. The van der Waals surface area contributed by atoms with Gasteiger partial charge in [-0.3, -0.25) is 4.79 Å². The second-order valence-corrected chi connectivity index (χ2v) is 8.92. The van der Waals surface area contributed by atoms with E-state index in [4.69, 9.17) is 15.0 Å². The Kier molecular flexibility index (Phi) is 5.42. The van der Waals surface area contributed by atoms with E-state index in [1.165, 1.54) is 38.5 Å². The van der Waals surface area contributed by atoms with Crippen molar-refractivity contribution in [3.63, 3.8) is 0 Å². The normalized spacial score (nSPS) is 23.4. The molecular formula is C21H33N7O. The summed E-state index contributed by atoms with van der Waals surface area (Å²) < 4.78 is 0. The van der Waals surface area contributed by atoms with Crippen LogP contribution in [0.25, 0.3) is 0 Å². The number of carbonyl (C=O) groups is 1. The Bertz CT molecular complexity index is 681. The van der Waals surface area contributed by atoms with E-state index in [-0.39, 0.29) is 5.92 Å². The molecule has 29 heavy (non-hydrogen) atoms. The molecule has 8 heteroatoms. The van der Waals surface area contributed by atoms with Crippen molar-refractivity contribution in [2.24, 2.45) is 5.92 Å². The van der Waals surface area contributed by atoms with Gasteiger partial charge in [-0.25, -0.2) is 0 Å². The van der Waals surface area contributed by atoms with Gasteiger partial charge in [0.1, 0.15) is 0 Å². The minimum Gasteiger partial charge on any atom is -0.341 e. The number of amides is 1. The van der Waals surface area contributed by atoms with Crippen molar-refractivity contribution < 1.29 is 4.79 Å². The third-order valence-corrected chi connectivity index (χ3v) is 6.96. The molecule has 0 radical (unpaired) electrons. The average Bonchev–Trinajstić information content (AvgIpc) is 3.55. The van der Waals surface area contributed by atoms with Gasteiger partial charge >= 0.3 is 0 Å². The Labute approximate surface area is 173 Å². The Hall–Kier alpha value is -2.12. The lowest BCUT2D eigenvalue weighted by atomic mass is 10.1. The topological polar surface area (TPSA) is 68.7 Å². The van der Waals surface area contributed by atoms with Crippen LogP contribution in [0, 0.1) is 5.92 Å². The predicted octanol–water partition coefficient (Wildman–Crippen LogP) is 1.91. The highest BCUT2D eigenvalue weighted by molar-refractivity contribution is 5.79. The van der Waals surface area contributed by atoms with Gasteiger partial charge in [-0.1, -0.05) is 12.8 Å². The Morgan fingerprint density at radius 1 is 0.586 bits per heavy atom. The fourth-order valence-corrected chi connectivity index (χ4v) is 5.16. The average molecular weight is 400 g/mol. The lowest BCUT2D eigenvalue weighted by Crippen LogP contribution is -2.50. The lowest BCUT2D eigenvalue weighted by Gasteiger charge is -2.36. The van der Waals surface area contributed by atoms with E-state index in [0.29, 0.717) is 5.91 Å². The number of rotatable bonds is 4. The van der Waals surface area contributed by atoms with Crippen LogP contribution in [0.2, 0.25) is 0 Å². The molecule has 0 aromatic carbocycles. The van der Waals surface area contributed by atoms with E-state index in [1.54, 1.807) is 0 Å². The second kappa shape index (κ2) is 8.32. The molecule has 4 aliphatic rings. The van der Waals surface area contributed by atoms with Gasteiger partial charge in [0.15, 0.2) is 0 Å². The van der Waals surface area contributed by atoms with Gasteiger partial charge in [-0.2, -0.15) is 15.0 Å². The van der Waals surface area contributed by atoms with E-state index < -0.39 is 0 Å². The summed E-state index contributed by atoms with van der Waals surface area (Å²) >= 11 is 0. The summed E-state index contributed by atoms with van der Waals surface area (Å²) in [4.78, 5) is 36.2. The maximum atomic E-state index is 12.8. The smallest absolute Gasteiger partial charge is 0.232 e. The lowest BCUT2D eigenvalue weighted by molar-refractivity contribution is -0.135. The number of anilines is 3. The first-order valence-electron chi connectivity index (χ1n) is 11.6. The molecule has 8 nitrogen and oxygen atoms in total. The molecule has 1 amide bonds. The molecule has 0 bridgehead atoms. The van der Waals surface area contributed by atoms with E-state index in [9.17, 15) is 4.79 Å². The van der Waals surface area contributed by atoms with Crippen LogP contribution in [0.1, 0.15) is 51.4 Å². The Balaban J connectivity index is 1.31. The quantitative estimate of drug-likeness (QED) is 0.766. The van der Waals surface area contributed by atoms with Gasteiger partial charge in [0.25, 0.3) is 0 Å². The zero-order valence-electron chi connectivity index (χ0n) is 17.4. The number of aromatic nitrogens is 3. The fourth-order valence-electron chi connectivity index (χ4n) is 5.16. The van der Waals surface area contributed by atoms with Gasteiger partial charge in [0.05, 0.1) is 0 Å². The van der Waals surface area contributed by atoms with E-state index in [0.717, 1.165) is 83.0 Å². The monoisotopic (exact) mass is 399 g/mol. The van der Waals surface area contributed by atoms with Gasteiger partial charge < -0.3 is 19.6 Å². The van der Waals surface area contributed by atoms with Crippen molar-refractivity contribution in [3.8, 4) is 0 Å². The Morgan fingerprint density at radius 3 is 1.45 bits per heavy atom. The van der Waals surface area contributed by atoms with Crippen LogP contribution >= 0.6 is 0 Å². The third-order valence-electron chi connectivity index (χ3n) is 6.96. The summed E-state index contributed by atoms with van der Waals surface area (Å²) in [7, 11) is 0. The molecule has 5 rings (SSSR count). The standard InChI is InChI=1S/C21H33N7O/c29-18(17-7-1-2-8-17)25-13-15-28(16-14-25)21-23-19(26-9-3-4-10-26)22-20(24-21)27-11-5-6-12-27/h17H,1-16H2. The molecule has 4 heterocycles. The summed E-state index contributed by atoms with van der Waals surface area (Å²) in [5, 5.41) is 0. The number of carbonyl (C=O) groups excluding carboxylic acids is 1. The third kappa shape index (κ3) is 3.98. The highest BCUT2D eigenvalue weighted by atomic mass is 16.2.